The van der Waals surface area contributed by atoms with Gasteiger partial charge in [-0.05, 0) is 52.9 Å². The molecule has 3 atom stereocenters. The van der Waals surface area contributed by atoms with Crippen LogP contribution in [0.4, 0.5) is 0 Å². The monoisotopic (exact) mass is 442 g/mol. The van der Waals surface area contributed by atoms with Gasteiger partial charge in [-0.15, -0.1) is 0 Å². The first-order valence-electron chi connectivity index (χ1n) is 9.50. The van der Waals surface area contributed by atoms with E-state index in [1.807, 2.05) is 36.4 Å². The van der Waals surface area contributed by atoms with E-state index < -0.39 is 5.54 Å². The van der Waals surface area contributed by atoms with Gasteiger partial charge >= 0.3 is 0 Å². The van der Waals surface area contributed by atoms with Crippen molar-refractivity contribution < 1.29 is 14.2 Å². The zero-order chi connectivity index (χ0) is 19.6. The van der Waals surface area contributed by atoms with Gasteiger partial charge in [-0.25, -0.2) is 4.90 Å². The molecule has 146 valence electrons. The number of benzene rings is 2. The number of ether oxygens (including phenoxy) is 3. The van der Waals surface area contributed by atoms with E-state index in [4.69, 9.17) is 14.2 Å². The molecule has 2 aliphatic heterocycles. The van der Waals surface area contributed by atoms with E-state index in [1.165, 1.54) is 5.56 Å². The number of hydrogen-bond donors (Lipinski definition) is 0. The van der Waals surface area contributed by atoms with Crippen LogP contribution >= 0.6 is 15.9 Å². The van der Waals surface area contributed by atoms with Crippen molar-refractivity contribution in [1.82, 2.24) is 4.90 Å². The van der Waals surface area contributed by atoms with Crippen LogP contribution < -0.4 is 9.47 Å². The maximum Gasteiger partial charge on any atom is 0.146 e. The molecule has 6 heteroatoms. The molecule has 0 amide bonds. The SMILES string of the molecule is COc1cccc(OC[C@]2(C#N)CCC[C@@H]3OC[C@H](c4ccccc4)N32)c1Br. The minimum absolute atomic E-state index is 0.0454. The van der Waals surface area contributed by atoms with Crippen LogP contribution in [-0.2, 0) is 4.74 Å². The Kier molecular flexibility index (Phi) is 5.58. The zero-order valence-corrected chi connectivity index (χ0v) is 17.4. The Labute approximate surface area is 173 Å². The minimum atomic E-state index is -0.734. The average molecular weight is 443 g/mol. The normalized spacial score (nSPS) is 27.0. The molecule has 0 bridgehead atoms. The lowest BCUT2D eigenvalue weighted by atomic mass is 9.85. The summed E-state index contributed by atoms with van der Waals surface area (Å²) in [5, 5.41) is 10.2. The highest BCUT2D eigenvalue weighted by molar-refractivity contribution is 9.10. The molecule has 2 fully saturated rings. The van der Waals surface area contributed by atoms with Crippen molar-refractivity contribution in [3.63, 3.8) is 0 Å². The molecule has 2 heterocycles. The Hall–Kier alpha value is -2.07. The van der Waals surface area contributed by atoms with E-state index >= 15 is 0 Å². The van der Waals surface area contributed by atoms with Crippen LogP contribution in [0.15, 0.2) is 53.0 Å². The summed E-state index contributed by atoms with van der Waals surface area (Å²) in [6, 6.07) is 18.6. The van der Waals surface area contributed by atoms with Gasteiger partial charge < -0.3 is 14.2 Å². The highest BCUT2D eigenvalue weighted by atomic mass is 79.9. The van der Waals surface area contributed by atoms with E-state index in [0.717, 1.165) is 23.7 Å². The predicted molar refractivity (Wildman–Crippen MR) is 109 cm³/mol. The number of piperidine rings is 1. The molecule has 2 aromatic rings. The number of fused-ring (bicyclic) bond motifs is 1. The lowest BCUT2D eigenvalue weighted by Gasteiger charge is -2.45. The van der Waals surface area contributed by atoms with Crippen molar-refractivity contribution in [2.75, 3.05) is 20.3 Å². The molecule has 4 rings (SSSR count). The van der Waals surface area contributed by atoms with E-state index in [9.17, 15) is 5.26 Å². The van der Waals surface area contributed by atoms with Gasteiger partial charge in [0, 0.05) is 0 Å². The Balaban J connectivity index is 1.62. The second-order valence-corrected chi connectivity index (χ2v) is 8.01. The summed E-state index contributed by atoms with van der Waals surface area (Å²) in [4.78, 5) is 2.24. The third kappa shape index (κ3) is 3.39. The van der Waals surface area contributed by atoms with Crippen LogP contribution in [0.1, 0.15) is 30.9 Å². The molecule has 2 aliphatic rings. The maximum atomic E-state index is 10.2. The van der Waals surface area contributed by atoms with Gasteiger partial charge in [0.2, 0.25) is 0 Å². The van der Waals surface area contributed by atoms with Crippen LogP contribution in [0, 0.1) is 11.3 Å². The van der Waals surface area contributed by atoms with E-state index in [-0.39, 0.29) is 18.9 Å². The molecule has 5 nitrogen and oxygen atoms in total. The summed E-state index contributed by atoms with van der Waals surface area (Å²) in [5.41, 5.74) is 0.441. The molecule has 0 spiro atoms. The smallest absolute Gasteiger partial charge is 0.146 e. The third-order valence-corrected chi connectivity index (χ3v) is 6.42. The van der Waals surface area contributed by atoms with E-state index in [0.29, 0.717) is 18.1 Å². The molecule has 0 aromatic heterocycles. The summed E-state index contributed by atoms with van der Waals surface area (Å²) in [6.45, 7) is 0.874. The number of rotatable bonds is 5. The van der Waals surface area contributed by atoms with Gasteiger partial charge in [0.15, 0.2) is 0 Å². The standard InChI is InChI=1S/C22H23BrN2O3/c1-26-18-9-5-10-19(21(18)23)28-15-22(14-24)12-6-11-20-25(22)17(13-27-20)16-7-3-2-4-8-16/h2-5,7-10,17,20H,6,11-13,15H2,1H3/t17-,20+,22-/m1/s1. The fourth-order valence-corrected chi connectivity index (χ4v) is 4.78. The van der Waals surface area contributed by atoms with Crippen molar-refractivity contribution in [2.24, 2.45) is 0 Å². The summed E-state index contributed by atoms with van der Waals surface area (Å²) >= 11 is 3.54. The van der Waals surface area contributed by atoms with Crippen LogP contribution in [0.2, 0.25) is 0 Å². The van der Waals surface area contributed by atoms with Gasteiger partial charge in [0.05, 0.1) is 25.8 Å². The van der Waals surface area contributed by atoms with Gasteiger partial charge in [0.1, 0.15) is 34.3 Å². The first kappa shape index (κ1) is 19.3. The molecule has 2 saturated heterocycles. The largest absolute Gasteiger partial charge is 0.495 e. The number of nitrogens with zero attached hydrogens (tertiary/aromatic N) is 2. The second-order valence-electron chi connectivity index (χ2n) is 7.22. The van der Waals surface area contributed by atoms with Crippen molar-refractivity contribution >= 4 is 15.9 Å². The van der Waals surface area contributed by atoms with Crippen LogP contribution in [-0.4, -0.2) is 37.0 Å². The second kappa shape index (κ2) is 8.12. The predicted octanol–water partition coefficient (Wildman–Crippen LogP) is 4.68. The Bertz CT molecular complexity index is 870. The van der Waals surface area contributed by atoms with Gasteiger partial charge in [0.25, 0.3) is 0 Å². The quantitative estimate of drug-likeness (QED) is 0.672. The fourth-order valence-electron chi connectivity index (χ4n) is 4.24. The minimum Gasteiger partial charge on any atom is -0.495 e. The summed E-state index contributed by atoms with van der Waals surface area (Å²) in [5.74, 6) is 1.38. The molecule has 0 N–H and O–H groups in total. The number of methoxy groups -OCH3 is 1. The van der Waals surface area contributed by atoms with Crippen molar-refractivity contribution in [2.45, 2.75) is 37.1 Å². The number of halogens is 1. The summed E-state index contributed by atoms with van der Waals surface area (Å²) in [6.07, 6.45) is 2.60. The van der Waals surface area contributed by atoms with Gasteiger partial charge in [-0.3, -0.25) is 0 Å². The molecular weight excluding hydrogens is 420 g/mol. The molecule has 28 heavy (non-hydrogen) atoms. The maximum absolute atomic E-state index is 10.2. The van der Waals surface area contributed by atoms with E-state index in [1.54, 1.807) is 7.11 Å². The lowest BCUT2D eigenvalue weighted by molar-refractivity contribution is -0.0659. The topological polar surface area (TPSA) is 54.7 Å². The Morgan fingerprint density at radius 2 is 2.00 bits per heavy atom. The van der Waals surface area contributed by atoms with Crippen molar-refractivity contribution in [3.05, 3.63) is 58.6 Å². The Morgan fingerprint density at radius 3 is 2.75 bits per heavy atom. The third-order valence-electron chi connectivity index (χ3n) is 5.63. The van der Waals surface area contributed by atoms with Crippen LogP contribution in [0.5, 0.6) is 11.5 Å². The lowest BCUT2D eigenvalue weighted by Crippen LogP contribution is -2.57. The molecule has 0 saturated carbocycles. The van der Waals surface area contributed by atoms with Crippen LogP contribution in [0.25, 0.3) is 0 Å². The molecule has 0 unspecified atom stereocenters. The summed E-state index contributed by atoms with van der Waals surface area (Å²) < 4.78 is 18.4. The van der Waals surface area contributed by atoms with Gasteiger partial charge in [-0.2, -0.15) is 5.26 Å². The fraction of sp³-hybridized carbons (Fsp3) is 0.409. The molecule has 2 aromatic carbocycles. The molecular formula is C22H23BrN2O3. The van der Waals surface area contributed by atoms with Crippen molar-refractivity contribution in [1.29, 1.82) is 5.26 Å². The zero-order valence-electron chi connectivity index (χ0n) is 15.8. The highest BCUT2D eigenvalue weighted by Gasteiger charge is 2.52. The number of nitriles is 1. The average Bonchev–Trinajstić information content (AvgIpc) is 3.19. The first-order valence-corrected chi connectivity index (χ1v) is 10.3. The molecule has 0 aliphatic carbocycles. The molecule has 0 radical (unpaired) electrons. The van der Waals surface area contributed by atoms with Crippen LogP contribution in [0.3, 0.4) is 0 Å². The van der Waals surface area contributed by atoms with Crippen molar-refractivity contribution in [3.8, 4) is 17.6 Å². The highest BCUT2D eigenvalue weighted by Crippen LogP contribution is 2.44. The first-order chi connectivity index (χ1) is 13.7. The number of hydrogen-bond acceptors (Lipinski definition) is 5. The Morgan fingerprint density at radius 1 is 1.21 bits per heavy atom. The van der Waals surface area contributed by atoms with E-state index in [2.05, 4.69) is 39.0 Å². The summed E-state index contributed by atoms with van der Waals surface area (Å²) in [7, 11) is 1.62. The van der Waals surface area contributed by atoms with Gasteiger partial charge in [-0.1, -0.05) is 36.4 Å².